The van der Waals surface area contributed by atoms with Gasteiger partial charge in [-0.15, -0.1) is 0 Å². The highest BCUT2D eigenvalue weighted by atomic mass is 19.1. The van der Waals surface area contributed by atoms with Crippen LogP contribution in [0.25, 0.3) is 0 Å². The lowest BCUT2D eigenvalue weighted by Crippen LogP contribution is -2.48. The van der Waals surface area contributed by atoms with Crippen LogP contribution >= 0.6 is 0 Å². The lowest BCUT2D eigenvalue weighted by Gasteiger charge is -2.31. The Morgan fingerprint density at radius 2 is 2.18 bits per heavy atom. The first-order valence-electron chi connectivity index (χ1n) is 5.51. The molecule has 0 saturated carbocycles. The highest BCUT2D eigenvalue weighted by Crippen LogP contribution is 2.17. The second-order valence-corrected chi connectivity index (χ2v) is 3.91. The molecule has 4 nitrogen and oxygen atoms in total. The van der Waals surface area contributed by atoms with E-state index in [-0.39, 0.29) is 5.97 Å². The third-order valence-corrected chi connectivity index (χ3v) is 2.78. The molecule has 1 aliphatic rings. The van der Waals surface area contributed by atoms with Gasteiger partial charge in [-0.05, 0) is 24.3 Å². The summed E-state index contributed by atoms with van der Waals surface area (Å²) in [6.45, 7) is 1.72. The summed E-state index contributed by atoms with van der Waals surface area (Å²) in [5.74, 6) is -0.361. The highest BCUT2D eigenvalue weighted by molar-refractivity contribution is 5.89. The number of rotatable bonds is 2. The number of hydrogen-bond donors (Lipinski definition) is 1. The van der Waals surface area contributed by atoms with Crippen molar-refractivity contribution in [2.24, 2.45) is 0 Å². The summed E-state index contributed by atoms with van der Waals surface area (Å²) in [5.41, 5.74) is 1.42. The summed E-state index contributed by atoms with van der Waals surface area (Å²) in [5, 5.41) is 2.74. The summed E-state index contributed by atoms with van der Waals surface area (Å²) in [4.78, 5) is 13.2. The van der Waals surface area contributed by atoms with Gasteiger partial charge in [0.05, 0.1) is 19.2 Å². The molecule has 0 amide bonds. The van der Waals surface area contributed by atoms with E-state index in [9.17, 15) is 9.18 Å². The third kappa shape index (κ3) is 2.74. The van der Waals surface area contributed by atoms with E-state index in [4.69, 9.17) is 0 Å². The zero-order chi connectivity index (χ0) is 12.3. The van der Waals surface area contributed by atoms with E-state index in [0.717, 1.165) is 12.2 Å². The van der Waals surface area contributed by atoms with Gasteiger partial charge in [0, 0.05) is 18.8 Å². The van der Waals surface area contributed by atoms with Crippen LogP contribution < -0.4 is 10.2 Å². The number of alkyl halides is 1. The van der Waals surface area contributed by atoms with Crippen molar-refractivity contribution >= 4 is 11.7 Å². The summed E-state index contributed by atoms with van der Waals surface area (Å²) in [6.07, 6.45) is -0.996. The molecule has 0 aromatic heterocycles. The largest absolute Gasteiger partial charge is 0.465 e. The van der Waals surface area contributed by atoms with E-state index in [1.165, 1.54) is 7.11 Å². The maximum atomic E-state index is 13.2. The van der Waals surface area contributed by atoms with E-state index in [2.05, 4.69) is 10.1 Å². The molecule has 2 rings (SSSR count). The lowest BCUT2D eigenvalue weighted by atomic mass is 10.2. The maximum absolute atomic E-state index is 13.2. The van der Waals surface area contributed by atoms with Crippen molar-refractivity contribution < 1.29 is 13.9 Å². The number of ether oxygens (including phenoxy) is 1. The summed E-state index contributed by atoms with van der Waals surface area (Å²) in [7, 11) is 1.35. The van der Waals surface area contributed by atoms with Crippen molar-refractivity contribution in [3.8, 4) is 0 Å². The Bertz CT molecular complexity index is 394. The van der Waals surface area contributed by atoms with Gasteiger partial charge in [0.15, 0.2) is 6.30 Å². The average Bonchev–Trinajstić information content (AvgIpc) is 2.38. The van der Waals surface area contributed by atoms with Crippen molar-refractivity contribution in [2.75, 3.05) is 31.6 Å². The van der Waals surface area contributed by atoms with E-state index in [0.29, 0.717) is 18.7 Å². The molecule has 1 atom stereocenters. The van der Waals surface area contributed by atoms with Crippen molar-refractivity contribution in [3.05, 3.63) is 29.8 Å². The maximum Gasteiger partial charge on any atom is 0.337 e. The predicted octanol–water partition coefficient (Wildman–Crippen LogP) is 1.18. The number of halogens is 1. The quantitative estimate of drug-likeness (QED) is 0.620. The van der Waals surface area contributed by atoms with Crippen LogP contribution in [0, 0.1) is 0 Å². The van der Waals surface area contributed by atoms with Gasteiger partial charge >= 0.3 is 5.97 Å². The van der Waals surface area contributed by atoms with Crippen molar-refractivity contribution in [1.82, 2.24) is 5.32 Å². The number of methoxy groups -OCH3 is 1. The molecule has 17 heavy (non-hydrogen) atoms. The Hall–Kier alpha value is -1.62. The number of nitrogens with one attached hydrogen (secondary N) is 1. The van der Waals surface area contributed by atoms with Gasteiger partial charge in [-0.3, -0.25) is 5.32 Å². The number of hydrogen-bond acceptors (Lipinski definition) is 4. The van der Waals surface area contributed by atoms with Crippen LogP contribution in [0.4, 0.5) is 10.1 Å². The highest BCUT2D eigenvalue weighted by Gasteiger charge is 2.18. The first-order chi connectivity index (χ1) is 8.20. The topological polar surface area (TPSA) is 41.6 Å². The molecular weight excluding hydrogens is 223 g/mol. The van der Waals surface area contributed by atoms with Crippen LogP contribution in [-0.2, 0) is 4.74 Å². The summed E-state index contributed by atoms with van der Waals surface area (Å²) in [6, 6.07) is 7.00. The summed E-state index contributed by atoms with van der Waals surface area (Å²) >= 11 is 0. The molecule has 1 aliphatic heterocycles. The first-order valence-corrected chi connectivity index (χ1v) is 5.51. The first kappa shape index (κ1) is 11.9. The van der Waals surface area contributed by atoms with Crippen molar-refractivity contribution in [1.29, 1.82) is 0 Å². The molecule has 1 aromatic rings. The van der Waals surface area contributed by atoms with Crippen LogP contribution in [0.15, 0.2) is 24.3 Å². The molecule has 1 unspecified atom stereocenters. The molecule has 1 saturated heterocycles. The second-order valence-electron chi connectivity index (χ2n) is 3.91. The fourth-order valence-corrected chi connectivity index (χ4v) is 1.87. The number of piperazine rings is 1. The Kier molecular flexibility index (Phi) is 3.58. The molecule has 5 heteroatoms. The van der Waals surface area contributed by atoms with Crippen LogP contribution in [-0.4, -0.2) is 39.0 Å². The molecule has 1 fully saturated rings. The van der Waals surface area contributed by atoms with Crippen LogP contribution in [0.2, 0.25) is 0 Å². The van der Waals surface area contributed by atoms with Gasteiger partial charge in [0.1, 0.15) is 0 Å². The molecule has 0 radical (unpaired) electrons. The number of carbonyl (C=O) groups excluding carboxylic acids is 1. The number of anilines is 1. The number of benzene rings is 1. The SMILES string of the molecule is COC(=O)c1ccc(N2CCNC(F)C2)cc1. The monoisotopic (exact) mass is 238 g/mol. The molecule has 1 heterocycles. The van der Waals surface area contributed by atoms with Crippen LogP contribution in [0.3, 0.4) is 0 Å². The zero-order valence-electron chi connectivity index (χ0n) is 9.65. The van der Waals surface area contributed by atoms with Crippen molar-refractivity contribution in [2.45, 2.75) is 6.30 Å². The minimum absolute atomic E-state index is 0.331. The van der Waals surface area contributed by atoms with Gasteiger partial charge in [0.25, 0.3) is 0 Å². The minimum Gasteiger partial charge on any atom is -0.465 e. The average molecular weight is 238 g/mol. The van der Waals surface area contributed by atoms with Gasteiger partial charge in [-0.25, -0.2) is 9.18 Å². The zero-order valence-corrected chi connectivity index (χ0v) is 9.65. The van der Waals surface area contributed by atoms with Crippen molar-refractivity contribution in [3.63, 3.8) is 0 Å². The van der Waals surface area contributed by atoms with Gasteiger partial charge in [-0.1, -0.05) is 0 Å². The second kappa shape index (κ2) is 5.14. The number of nitrogens with zero attached hydrogens (tertiary/aromatic N) is 1. The Balaban J connectivity index is 2.09. The molecule has 0 aliphatic carbocycles. The van der Waals surface area contributed by atoms with Crippen LogP contribution in [0.1, 0.15) is 10.4 Å². The van der Waals surface area contributed by atoms with Gasteiger partial charge in [0.2, 0.25) is 0 Å². The molecule has 1 aromatic carbocycles. The Labute approximate surface area is 99.4 Å². The molecule has 0 spiro atoms. The fourth-order valence-electron chi connectivity index (χ4n) is 1.87. The fraction of sp³-hybridized carbons (Fsp3) is 0.417. The standard InChI is InChI=1S/C12H15FN2O2/c1-17-12(16)9-2-4-10(5-3-9)15-7-6-14-11(13)8-15/h2-5,11,14H,6-8H2,1H3. The van der Waals surface area contributed by atoms with Gasteiger partial charge < -0.3 is 9.64 Å². The number of carbonyl (C=O) groups is 1. The number of esters is 1. The lowest BCUT2D eigenvalue weighted by molar-refractivity contribution is 0.0600. The van der Waals surface area contributed by atoms with E-state index < -0.39 is 6.30 Å². The van der Waals surface area contributed by atoms with E-state index >= 15 is 0 Å². The third-order valence-electron chi connectivity index (χ3n) is 2.78. The summed E-state index contributed by atoms with van der Waals surface area (Å²) < 4.78 is 17.8. The predicted molar refractivity (Wildman–Crippen MR) is 62.9 cm³/mol. The van der Waals surface area contributed by atoms with E-state index in [1.54, 1.807) is 12.1 Å². The Morgan fingerprint density at radius 1 is 1.47 bits per heavy atom. The smallest absolute Gasteiger partial charge is 0.337 e. The molecule has 1 N–H and O–H groups in total. The minimum atomic E-state index is -0.996. The normalized spacial score (nSPS) is 20.1. The van der Waals surface area contributed by atoms with E-state index in [1.807, 2.05) is 17.0 Å². The van der Waals surface area contributed by atoms with Crippen LogP contribution in [0.5, 0.6) is 0 Å². The Morgan fingerprint density at radius 3 is 2.76 bits per heavy atom. The molecule has 0 bridgehead atoms. The van der Waals surface area contributed by atoms with Gasteiger partial charge in [-0.2, -0.15) is 0 Å². The molecular formula is C12H15FN2O2. The molecule has 92 valence electrons.